The van der Waals surface area contributed by atoms with Gasteiger partial charge in [0.05, 0.1) is 5.56 Å². The van der Waals surface area contributed by atoms with E-state index >= 15 is 0 Å². The molecule has 2 bridgehead atoms. The molecule has 0 aromatic carbocycles. The lowest BCUT2D eigenvalue weighted by atomic mass is 9.65. The summed E-state index contributed by atoms with van der Waals surface area (Å²) >= 11 is 0. The van der Waals surface area contributed by atoms with Crippen molar-refractivity contribution in [2.75, 3.05) is 19.6 Å². The summed E-state index contributed by atoms with van der Waals surface area (Å²) < 4.78 is 5.33. The van der Waals surface area contributed by atoms with Crippen LogP contribution in [0.25, 0.3) is 0 Å². The number of nitrogens with zero attached hydrogens (tertiary/aromatic N) is 2. The first kappa shape index (κ1) is 19.0. The van der Waals surface area contributed by atoms with Crippen molar-refractivity contribution in [2.45, 2.75) is 78.4 Å². The van der Waals surface area contributed by atoms with Crippen molar-refractivity contribution in [3.05, 3.63) is 27.8 Å². The Morgan fingerprint density at radius 2 is 1.89 bits per heavy atom. The predicted octanol–water partition coefficient (Wildman–Crippen LogP) is 3.73. The van der Waals surface area contributed by atoms with Gasteiger partial charge in [-0.05, 0) is 56.0 Å². The van der Waals surface area contributed by atoms with E-state index in [1.54, 1.807) is 0 Å². The highest BCUT2D eigenvalue weighted by Gasteiger charge is 2.49. The Morgan fingerprint density at radius 3 is 2.63 bits per heavy atom. The monoisotopic (exact) mass is 374 g/mol. The maximum absolute atomic E-state index is 12.4. The van der Waals surface area contributed by atoms with Crippen LogP contribution in [0, 0.1) is 10.8 Å². The summed E-state index contributed by atoms with van der Waals surface area (Å²) in [6.07, 6.45) is 8.72. The molecule has 1 aliphatic carbocycles. The SMILES string of the molecule is CC1(C)CC2CC(C)(CN2Cc2c(O)c(CN3CCCCC3)coc2=O)C1. The summed E-state index contributed by atoms with van der Waals surface area (Å²) in [5, 5.41) is 10.9. The van der Waals surface area contributed by atoms with Gasteiger partial charge in [0.25, 0.3) is 0 Å². The van der Waals surface area contributed by atoms with Crippen LogP contribution in [0.15, 0.2) is 15.5 Å². The van der Waals surface area contributed by atoms with Crippen molar-refractivity contribution in [3.8, 4) is 5.75 Å². The maximum Gasteiger partial charge on any atom is 0.343 e. The topological polar surface area (TPSA) is 56.9 Å². The van der Waals surface area contributed by atoms with Crippen LogP contribution in [-0.2, 0) is 13.1 Å². The van der Waals surface area contributed by atoms with Gasteiger partial charge in [0, 0.05) is 31.2 Å². The molecule has 2 atom stereocenters. The third-order valence-electron chi connectivity index (χ3n) is 6.87. The van der Waals surface area contributed by atoms with Crippen molar-refractivity contribution in [1.29, 1.82) is 0 Å². The first-order valence-corrected chi connectivity index (χ1v) is 10.5. The predicted molar refractivity (Wildman–Crippen MR) is 106 cm³/mol. The highest BCUT2D eigenvalue weighted by molar-refractivity contribution is 5.36. The average Bonchev–Trinajstić information content (AvgIpc) is 2.83. The Hall–Kier alpha value is -1.33. The summed E-state index contributed by atoms with van der Waals surface area (Å²) in [7, 11) is 0. The van der Waals surface area contributed by atoms with Crippen LogP contribution < -0.4 is 5.63 Å². The molecule has 5 heteroatoms. The molecule has 27 heavy (non-hydrogen) atoms. The number of aromatic hydroxyl groups is 1. The van der Waals surface area contributed by atoms with E-state index in [4.69, 9.17) is 4.42 Å². The van der Waals surface area contributed by atoms with Gasteiger partial charge in [0.15, 0.2) is 0 Å². The van der Waals surface area contributed by atoms with Gasteiger partial charge in [-0.3, -0.25) is 9.80 Å². The van der Waals surface area contributed by atoms with Crippen LogP contribution in [0.1, 0.15) is 70.4 Å². The smallest absolute Gasteiger partial charge is 0.343 e. The second-order valence-corrected chi connectivity index (χ2v) is 10.3. The van der Waals surface area contributed by atoms with Crippen LogP contribution in [0.5, 0.6) is 5.75 Å². The van der Waals surface area contributed by atoms with Gasteiger partial charge >= 0.3 is 5.63 Å². The molecular formula is C22H34N2O3. The van der Waals surface area contributed by atoms with Crippen molar-refractivity contribution >= 4 is 0 Å². The molecule has 150 valence electrons. The molecule has 3 fully saturated rings. The minimum atomic E-state index is -0.388. The Morgan fingerprint density at radius 1 is 1.15 bits per heavy atom. The lowest BCUT2D eigenvalue weighted by Gasteiger charge is -2.39. The number of piperidine rings is 1. The quantitative estimate of drug-likeness (QED) is 0.870. The van der Waals surface area contributed by atoms with Crippen LogP contribution in [0.4, 0.5) is 0 Å². The summed E-state index contributed by atoms with van der Waals surface area (Å²) in [5.41, 5.74) is 1.46. The molecule has 0 amide bonds. The summed E-state index contributed by atoms with van der Waals surface area (Å²) in [5.74, 6) is 0.155. The van der Waals surface area contributed by atoms with E-state index in [0.717, 1.165) is 31.6 Å². The molecule has 1 N–H and O–H groups in total. The van der Waals surface area contributed by atoms with Gasteiger partial charge in [-0.25, -0.2) is 4.79 Å². The first-order valence-electron chi connectivity index (χ1n) is 10.5. The lowest BCUT2D eigenvalue weighted by molar-refractivity contribution is 0.126. The zero-order valence-electron chi connectivity index (χ0n) is 17.1. The molecule has 5 nitrogen and oxygen atoms in total. The second kappa shape index (κ2) is 6.93. The van der Waals surface area contributed by atoms with E-state index in [2.05, 4.69) is 30.6 Å². The minimum Gasteiger partial charge on any atom is -0.507 e. The third kappa shape index (κ3) is 3.95. The summed E-state index contributed by atoms with van der Waals surface area (Å²) in [6, 6.07) is 0.489. The van der Waals surface area contributed by atoms with E-state index in [9.17, 15) is 9.90 Å². The van der Waals surface area contributed by atoms with Crippen LogP contribution in [0.2, 0.25) is 0 Å². The van der Waals surface area contributed by atoms with E-state index in [-0.39, 0.29) is 11.4 Å². The molecule has 0 spiro atoms. The van der Waals surface area contributed by atoms with Crippen molar-refractivity contribution in [2.24, 2.45) is 10.8 Å². The molecule has 0 radical (unpaired) electrons. The first-order chi connectivity index (χ1) is 12.7. The van der Waals surface area contributed by atoms with Gasteiger partial charge in [0.2, 0.25) is 0 Å². The van der Waals surface area contributed by atoms with Gasteiger partial charge in [-0.2, -0.15) is 0 Å². The number of fused-ring (bicyclic) bond motifs is 2. The Balaban J connectivity index is 1.54. The maximum atomic E-state index is 12.4. The molecule has 2 unspecified atom stereocenters. The van der Waals surface area contributed by atoms with Gasteiger partial charge in [-0.15, -0.1) is 0 Å². The molecule has 3 heterocycles. The normalized spacial score (nSPS) is 31.3. The Kier molecular flexibility index (Phi) is 4.88. The fraction of sp³-hybridized carbons (Fsp3) is 0.773. The fourth-order valence-corrected chi connectivity index (χ4v) is 6.12. The lowest BCUT2D eigenvalue weighted by Crippen LogP contribution is -2.35. The van der Waals surface area contributed by atoms with Gasteiger partial charge < -0.3 is 9.52 Å². The van der Waals surface area contributed by atoms with Crippen molar-refractivity contribution < 1.29 is 9.52 Å². The van der Waals surface area contributed by atoms with Crippen molar-refractivity contribution in [1.82, 2.24) is 9.80 Å². The molecule has 1 aromatic rings. The second-order valence-electron chi connectivity index (χ2n) is 10.3. The number of rotatable bonds is 4. The molecule has 2 saturated heterocycles. The van der Waals surface area contributed by atoms with Crippen molar-refractivity contribution in [3.63, 3.8) is 0 Å². The zero-order valence-corrected chi connectivity index (χ0v) is 17.1. The molecule has 1 saturated carbocycles. The van der Waals surface area contributed by atoms with Crippen LogP contribution in [-0.4, -0.2) is 40.6 Å². The minimum absolute atomic E-state index is 0.155. The molecular weight excluding hydrogens is 340 g/mol. The third-order valence-corrected chi connectivity index (χ3v) is 6.87. The molecule has 2 aliphatic heterocycles. The molecule has 4 rings (SSSR count). The van der Waals surface area contributed by atoms with Crippen LogP contribution >= 0.6 is 0 Å². The Labute approximate surface area is 162 Å². The number of hydrogen-bond acceptors (Lipinski definition) is 5. The van der Waals surface area contributed by atoms with E-state index in [1.807, 2.05) is 0 Å². The van der Waals surface area contributed by atoms with Gasteiger partial charge in [-0.1, -0.05) is 27.2 Å². The van der Waals surface area contributed by atoms with E-state index in [0.29, 0.717) is 35.5 Å². The highest BCUT2D eigenvalue weighted by atomic mass is 16.4. The van der Waals surface area contributed by atoms with E-state index in [1.165, 1.54) is 38.4 Å². The average molecular weight is 375 g/mol. The standard InChI is InChI=1S/C22H34N2O3/c1-21(2)9-17-10-22(3,14-21)15-24(17)12-18-19(25)16(13-27-20(18)26)11-23-7-5-4-6-8-23/h13,17,25H,4-12,14-15H2,1-3H3. The zero-order chi connectivity index (χ0) is 19.2. The van der Waals surface area contributed by atoms with E-state index < -0.39 is 0 Å². The fourth-order valence-electron chi connectivity index (χ4n) is 6.12. The molecule has 1 aromatic heterocycles. The summed E-state index contributed by atoms with van der Waals surface area (Å²) in [4.78, 5) is 17.2. The summed E-state index contributed by atoms with van der Waals surface area (Å²) in [6.45, 7) is 11.3. The van der Waals surface area contributed by atoms with Gasteiger partial charge in [0.1, 0.15) is 12.0 Å². The Bertz CT molecular complexity index is 750. The number of likely N-dealkylation sites (tertiary alicyclic amines) is 2. The number of hydrogen-bond donors (Lipinski definition) is 1. The van der Waals surface area contributed by atoms with Crippen LogP contribution in [0.3, 0.4) is 0 Å². The largest absolute Gasteiger partial charge is 0.507 e. The highest BCUT2D eigenvalue weighted by Crippen LogP contribution is 2.52. The molecule has 3 aliphatic rings.